The molecule has 4 heteroatoms. The van der Waals surface area contributed by atoms with E-state index in [9.17, 15) is 0 Å². The van der Waals surface area contributed by atoms with Gasteiger partial charge in [-0.25, -0.2) is 0 Å². The van der Waals surface area contributed by atoms with E-state index in [1.54, 1.807) is 0 Å². The van der Waals surface area contributed by atoms with Gasteiger partial charge in [0.25, 0.3) is 0 Å². The van der Waals surface area contributed by atoms with Crippen molar-refractivity contribution >= 4 is 37.4 Å². The van der Waals surface area contributed by atoms with Gasteiger partial charge in [-0.2, -0.15) is 0 Å². The van der Waals surface area contributed by atoms with Gasteiger partial charge in [-0.1, -0.05) is 182 Å². The molecule has 2 nitrogen and oxygen atoms in total. The van der Waals surface area contributed by atoms with Crippen LogP contribution in [0.3, 0.4) is 0 Å². The zero-order valence-electron chi connectivity index (χ0n) is 26.7. The molecule has 0 heterocycles. The zero-order chi connectivity index (χ0) is 31.6. The summed E-state index contributed by atoms with van der Waals surface area (Å²) in [6.45, 7) is 6.61. The van der Waals surface area contributed by atoms with Crippen molar-refractivity contribution in [3.8, 4) is 0 Å². The van der Waals surface area contributed by atoms with Crippen LogP contribution in [0.1, 0.15) is 37.1 Å². The molecule has 6 aromatic rings. The topological polar surface area (TPSA) is 6.48 Å². The molecule has 0 spiro atoms. The SMILES string of the molecule is C[C@H](c1ccccc1)N(CCN([C@H](C)c1ccccc1)P(c1ccccc1)c1ccccc1)P(c1ccccc1)c1ccccc1. The minimum absolute atomic E-state index is 0.223. The smallest absolute Gasteiger partial charge is 0.0362 e. The molecule has 6 rings (SSSR count). The predicted octanol–water partition coefficient (Wildman–Crippen LogP) is 9.21. The second-order valence-electron chi connectivity index (χ2n) is 11.5. The van der Waals surface area contributed by atoms with Crippen LogP contribution in [0.25, 0.3) is 0 Å². The van der Waals surface area contributed by atoms with Gasteiger partial charge in [0.05, 0.1) is 0 Å². The lowest BCUT2D eigenvalue weighted by molar-refractivity contribution is 0.301. The fourth-order valence-corrected chi connectivity index (χ4v) is 11.3. The molecule has 0 N–H and O–H groups in total. The van der Waals surface area contributed by atoms with Crippen LogP contribution in [0.2, 0.25) is 0 Å². The molecular formula is C42H42N2P2. The lowest BCUT2D eigenvalue weighted by Gasteiger charge is -2.42. The van der Waals surface area contributed by atoms with E-state index in [-0.39, 0.29) is 12.1 Å². The molecule has 0 aromatic heterocycles. The minimum atomic E-state index is -0.795. The van der Waals surface area contributed by atoms with Crippen molar-refractivity contribution in [3.05, 3.63) is 193 Å². The molecule has 0 saturated carbocycles. The third-order valence-corrected chi connectivity index (χ3v) is 13.8. The fourth-order valence-electron chi connectivity index (χ4n) is 6.11. The van der Waals surface area contributed by atoms with E-state index >= 15 is 0 Å². The summed E-state index contributed by atoms with van der Waals surface area (Å²) in [5.41, 5.74) is 2.69. The summed E-state index contributed by atoms with van der Waals surface area (Å²) in [6, 6.07) is 67.0. The summed E-state index contributed by atoms with van der Waals surface area (Å²) in [5, 5.41) is 5.51. The Morgan fingerprint density at radius 2 is 0.565 bits per heavy atom. The fraction of sp³-hybridized carbons (Fsp3) is 0.143. The molecule has 0 aliphatic rings. The van der Waals surface area contributed by atoms with Crippen LogP contribution in [-0.4, -0.2) is 22.4 Å². The number of hydrogen-bond acceptors (Lipinski definition) is 2. The molecule has 2 atom stereocenters. The summed E-state index contributed by atoms with van der Waals surface area (Å²) in [5.74, 6) is 0. The average molecular weight is 637 g/mol. The van der Waals surface area contributed by atoms with Crippen LogP contribution in [0.15, 0.2) is 182 Å². The van der Waals surface area contributed by atoms with Gasteiger partial charge < -0.3 is 0 Å². The van der Waals surface area contributed by atoms with Gasteiger partial charge in [0.15, 0.2) is 0 Å². The third kappa shape index (κ3) is 7.72. The van der Waals surface area contributed by atoms with Gasteiger partial charge in [0.2, 0.25) is 0 Å². The molecule has 0 amide bonds. The first-order valence-corrected chi connectivity index (χ1v) is 18.7. The van der Waals surface area contributed by atoms with E-state index in [4.69, 9.17) is 0 Å². The highest BCUT2D eigenvalue weighted by atomic mass is 31.1. The van der Waals surface area contributed by atoms with Gasteiger partial charge in [-0.05, 0) is 46.2 Å². The van der Waals surface area contributed by atoms with Crippen molar-refractivity contribution in [2.75, 3.05) is 13.1 Å². The first kappa shape index (κ1) is 32.1. The van der Waals surface area contributed by atoms with E-state index in [1.807, 2.05) is 0 Å². The van der Waals surface area contributed by atoms with Crippen LogP contribution >= 0.6 is 16.1 Å². The van der Waals surface area contributed by atoms with Crippen molar-refractivity contribution in [2.45, 2.75) is 25.9 Å². The van der Waals surface area contributed by atoms with Crippen LogP contribution < -0.4 is 21.2 Å². The Morgan fingerprint density at radius 1 is 0.348 bits per heavy atom. The normalized spacial score (nSPS) is 12.9. The van der Waals surface area contributed by atoms with Crippen LogP contribution in [-0.2, 0) is 0 Å². The molecule has 6 aromatic carbocycles. The third-order valence-electron chi connectivity index (χ3n) is 8.53. The highest BCUT2D eigenvalue weighted by Crippen LogP contribution is 2.47. The molecule has 46 heavy (non-hydrogen) atoms. The van der Waals surface area contributed by atoms with E-state index in [0.717, 1.165) is 13.1 Å². The molecular weight excluding hydrogens is 594 g/mol. The number of rotatable bonds is 13. The first-order chi connectivity index (χ1) is 22.7. The van der Waals surface area contributed by atoms with E-state index in [1.165, 1.54) is 32.3 Å². The zero-order valence-corrected chi connectivity index (χ0v) is 28.5. The van der Waals surface area contributed by atoms with Gasteiger partial charge in [0.1, 0.15) is 0 Å². The Balaban J connectivity index is 1.46. The maximum atomic E-state index is 2.78. The molecule has 0 aliphatic heterocycles. The lowest BCUT2D eigenvalue weighted by atomic mass is 10.1. The van der Waals surface area contributed by atoms with E-state index in [0.29, 0.717) is 0 Å². The molecule has 230 valence electrons. The Hall–Kier alpha value is -3.90. The van der Waals surface area contributed by atoms with Crippen LogP contribution in [0.4, 0.5) is 0 Å². The summed E-state index contributed by atoms with van der Waals surface area (Å²) in [6.07, 6.45) is 0. The average Bonchev–Trinajstić information content (AvgIpc) is 3.14. The number of benzene rings is 6. The molecule has 0 radical (unpaired) electrons. The second kappa shape index (κ2) is 16.1. The Kier molecular flexibility index (Phi) is 11.2. The Morgan fingerprint density at radius 3 is 0.804 bits per heavy atom. The highest BCUT2D eigenvalue weighted by Gasteiger charge is 2.32. The van der Waals surface area contributed by atoms with Crippen molar-refractivity contribution in [1.29, 1.82) is 0 Å². The standard InChI is InChI=1S/C42H42N2P2/c1-35(37-21-9-3-10-22-37)43(45(39-25-13-5-14-26-39)40-27-15-6-16-28-40)33-34-44(36(2)38-23-11-4-12-24-38)46(41-29-17-7-18-30-41)42-31-19-8-20-32-42/h3-32,35-36H,33-34H2,1-2H3/t35-,36-/m1/s1. The second-order valence-corrected chi connectivity index (χ2v) is 15.8. The van der Waals surface area contributed by atoms with E-state index < -0.39 is 16.1 Å². The predicted molar refractivity (Wildman–Crippen MR) is 201 cm³/mol. The van der Waals surface area contributed by atoms with Crippen LogP contribution in [0, 0.1) is 0 Å². The summed E-state index contributed by atoms with van der Waals surface area (Å²) in [4.78, 5) is 0. The van der Waals surface area contributed by atoms with Crippen molar-refractivity contribution in [3.63, 3.8) is 0 Å². The molecule has 0 unspecified atom stereocenters. The van der Waals surface area contributed by atoms with Gasteiger partial charge >= 0.3 is 0 Å². The van der Waals surface area contributed by atoms with Gasteiger partial charge in [-0.15, -0.1) is 0 Å². The number of nitrogens with zero attached hydrogens (tertiary/aromatic N) is 2. The maximum absolute atomic E-state index is 2.78. The largest absolute Gasteiger partial charge is 0.266 e. The highest BCUT2D eigenvalue weighted by molar-refractivity contribution is 7.71. The van der Waals surface area contributed by atoms with Crippen molar-refractivity contribution < 1.29 is 0 Å². The minimum Gasteiger partial charge on any atom is -0.266 e. The molecule has 0 aliphatic carbocycles. The van der Waals surface area contributed by atoms with Crippen molar-refractivity contribution in [2.24, 2.45) is 0 Å². The number of hydrogen-bond donors (Lipinski definition) is 0. The Bertz CT molecular complexity index is 1510. The Labute approximate surface area is 278 Å². The summed E-state index contributed by atoms with van der Waals surface area (Å²) in [7, 11) is -1.59. The van der Waals surface area contributed by atoms with Crippen LogP contribution in [0.5, 0.6) is 0 Å². The monoisotopic (exact) mass is 636 g/mol. The van der Waals surface area contributed by atoms with Gasteiger partial charge in [-0.3, -0.25) is 9.34 Å². The quantitative estimate of drug-likeness (QED) is 0.117. The van der Waals surface area contributed by atoms with Gasteiger partial charge in [0, 0.05) is 41.3 Å². The maximum Gasteiger partial charge on any atom is 0.0362 e. The first-order valence-electron chi connectivity index (χ1n) is 16.1. The summed E-state index contributed by atoms with van der Waals surface area (Å²) < 4.78 is 5.56. The molecule has 0 saturated heterocycles. The van der Waals surface area contributed by atoms with E-state index in [2.05, 4.69) is 205 Å². The summed E-state index contributed by atoms with van der Waals surface area (Å²) >= 11 is 0. The van der Waals surface area contributed by atoms with Crippen molar-refractivity contribution in [1.82, 2.24) is 9.34 Å². The molecule has 0 fully saturated rings. The molecule has 0 bridgehead atoms. The lowest BCUT2D eigenvalue weighted by Crippen LogP contribution is -2.39.